The van der Waals surface area contributed by atoms with E-state index in [0.29, 0.717) is 68.2 Å². The average molecular weight is 827 g/mol. The first-order valence-electron chi connectivity index (χ1n) is 19.6. The molecule has 308 valence electrons. The van der Waals surface area contributed by atoms with Gasteiger partial charge in [0.25, 0.3) is 0 Å². The molecule has 1 aliphatic heterocycles. The Morgan fingerprint density at radius 3 is 1.62 bits per heavy atom. The number of unbranched alkanes of at least 4 members (excludes halogenated alkanes) is 1. The summed E-state index contributed by atoms with van der Waals surface area (Å²) in [6.45, 7) is 10.9. The summed E-state index contributed by atoms with van der Waals surface area (Å²) in [7, 11) is -3.18. The van der Waals surface area contributed by atoms with Gasteiger partial charge in [-0.15, -0.1) is 0 Å². The minimum atomic E-state index is -3.22. The second-order valence-electron chi connectivity index (χ2n) is 14.2. The summed E-state index contributed by atoms with van der Waals surface area (Å²) in [4.78, 5) is 14.4. The molecular formula is C44H56N6O6P2. The van der Waals surface area contributed by atoms with Crippen molar-refractivity contribution in [3.63, 3.8) is 0 Å². The lowest BCUT2D eigenvalue weighted by Crippen LogP contribution is -2.37. The summed E-state index contributed by atoms with van der Waals surface area (Å²) in [6.07, 6.45) is 2.89. The number of hydrogen-bond donors (Lipinski definition) is 2. The molecule has 0 aliphatic carbocycles. The average Bonchev–Trinajstić information content (AvgIpc) is 3.40. The molecule has 3 N–H and O–H groups in total. The number of nitrogens with zero attached hydrogens (tertiary/aromatic N) is 4. The largest absolute Gasteiger partial charge is 0.497 e. The van der Waals surface area contributed by atoms with E-state index in [1.54, 1.807) is 39.7 Å². The maximum absolute atomic E-state index is 13.7. The third-order valence-corrected chi connectivity index (χ3v) is 13.1. The van der Waals surface area contributed by atoms with Gasteiger partial charge in [0.2, 0.25) is 14.7 Å². The van der Waals surface area contributed by atoms with Gasteiger partial charge in [0, 0.05) is 67.9 Å². The van der Waals surface area contributed by atoms with E-state index in [1.165, 1.54) is 0 Å². The Bertz CT molecular complexity index is 2200. The Labute approximate surface area is 344 Å². The minimum absolute atomic E-state index is 0.189. The number of nitrogens with two attached hydrogens (primary N) is 1. The Morgan fingerprint density at radius 1 is 0.707 bits per heavy atom. The smallest absolute Gasteiger partial charge is 0.247 e. The summed E-state index contributed by atoms with van der Waals surface area (Å²) < 4.78 is 49.5. The van der Waals surface area contributed by atoms with Gasteiger partial charge in [-0.1, -0.05) is 30.1 Å². The van der Waals surface area contributed by atoms with Crippen molar-refractivity contribution < 1.29 is 27.7 Å². The van der Waals surface area contributed by atoms with Crippen LogP contribution in [0.5, 0.6) is 11.5 Å². The highest BCUT2D eigenvalue weighted by molar-refractivity contribution is 7.66. The van der Waals surface area contributed by atoms with Crippen LogP contribution in [0.4, 0.5) is 0 Å². The number of benzene rings is 2. The van der Waals surface area contributed by atoms with Crippen molar-refractivity contribution in [1.29, 1.82) is 0 Å². The molecule has 2 aromatic carbocycles. The van der Waals surface area contributed by atoms with Gasteiger partial charge < -0.3 is 29.6 Å². The van der Waals surface area contributed by atoms with E-state index in [-0.39, 0.29) is 6.04 Å². The minimum Gasteiger partial charge on any atom is -0.497 e. The molecule has 2 aromatic heterocycles. The quantitative estimate of drug-likeness (QED) is 0.0808. The fourth-order valence-corrected chi connectivity index (χ4v) is 9.18. The van der Waals surface area contributed by atoms with Crippen LogP contribution in [-0.4, -0.2) is 93.0 Å². The van der Waals surface area contributed by atoms with E-state index in [4.69, 9.17) is 34.2 Å². The van der Waals surface area contributed by atoms with Crippen molar-refractivity contribution >= 4 is 25.6 Å². The monoisotopic (exact) mass is 826 g/mol. The zero-order valence-corrected chi connectivity index (χ0v) is 36.3. The van der Waals surface area contributed by atoms with Gasteiger partial charge in [0.05, 0.1) is 45.5 Å². The summed E-state index contributed by atoms with van der Waals surface area (Å²) in [5.41, 5.74) is 11.1. The maximum atomic E-state index is 13.7. The maximum Gasteiger partial charge on any atom is 0.247 e. The lowest BCUT2D eigenvalue weighted by atomic mass is 10.1. The van der Waals surface area contributed by atoms with Gasteiger partial charge in [-0.2, -0.15) is 0 Å². The number of rotatable bonds is 16. The molecule has 58 heavy (non-hydrogen) atoms. The van der Waals surface area contributed by atoms with Crippen LogP contribution in [0.3, 0.4) is 0 Å². The van der Waals surface area contributed by atoms with Crippen LogP contribution in [-0.2, 0) is 31.3 Å². The molecule has 1 saturated heterocycles. The number of ether oxygens (including phenoxy) is 2. The lowest BCUT2D eigenvalue weighted by molar-refractivity contribution is 0.137. The number of nitrogens with one attached hydrogen (secondary N) is 1. The van der Waals surface area contributed by atoms with Crippen molar-refractivity contribution in [1.82, 2.24) is 25.1 Å². The van der Waals surface area contributed by atoms with Crippen molar-refractivity contribution in [2.45, 2.75) is 52.2 Å². The zero-order valence-electron chi connectivity index (χ0n) is 34.5. The lowest BCUT2D eigenvalue weighted by Gasteiger charge is -2.27. The summed E-state index contributed by atoms with van der Waals surface area (Å²) in [6, 6.07) is 22.7. The summed E-state index contributed by atoms with van der Waals surface area (Å²) in [5, 5.41) is 3.75. The third kappa shape index (κ3) is 13.4. The predicted molar refractivity (Wildman–Crippen MR) is 232 cm³/mol. The molecule has 4 aromatic rings. The van der Waals surface area contributed by atoms with Crippen molar-refractivity contribution in [2.75, 3.05) is 67.2 Å². The number of methoxy groups -OCH3 is 2. The second kappa shape index (κ2) is 21.6. The van der Waals surface area contributed by atoms with Gasteiger partial charge in [-0.25, -0.2) is 9.97 Å². The number of hydrogen-bond acceptors (Lipinski definition) is 12. The highest BCUT2D eigenvalue weighted by Crippen LogP contribution is 2.41. The van der Waals surface area contributed by atoms with Crippen LogP contribution in [0.1, 0.15) is 66.8 Å². The van der Waals surface area contributed by atoms with E-state index in [1.807, 2.05) is 74.5 Å². The molecule has 12 nitrogen and oxygen atoms in total. The van der Waals surface area contributed by atoms with E-state index in [9.17, 15) is 9.13 Å². The molecule has 0 spiro atoms. The van der Waals surface area contributed by atoms with Crippen molar-refractivity contribution in [3.05, 3.63) is 106 Å². The van der Waals surface area contributed by atoms with Crippen molar-refractivity contribution in [3.8, 4) is 35.2 Å². The Hall–Kier alpha value is -4.32. The number of pyridine rings is 2. The first-order chi connectivity index (χ1) is 27.9. The van der Waals surface area contributed by atoms with E-state index in [2.05, 4.69) is 38.8 Å². The molecule has 2 unspecified atom stereocenters. The fourth-order valence-electron chi connectivity index (χ4n) is 6.56. The number of aromatic nitrogens is 2. The normalized spacial score (nSPS) is 16.8. The van der Waals surface area contributed by atoms with Crippen LogP contribution < -0.4 is 31.4 Å². The Kier molecular flexibility index (Phi) is 16.7. The summed E-state index contributed by atoms with van der Waals surface area (Å²) >= 11 is 0. The van der Waals surface area contributed by atoms with Gasteiger partial charge in [-0.05, 0) is 106 Å². The van der Waals surface area contributed by atoms with Crippen LogP contribution in [0.2, 0.25) is 0 Å². The predicted octanol–water partition coefficient (Wildman–Crippen LogP) is 5.75. The van der Waals surface area contributed by atoms with Crippen LogP contribution in [0, 0.1) is 23.7 Å². The van der Waals surface area contributed by atoms with Crippen LogP contribution >= 0.6 is 14.7 Å². The van der Waals surface area contributed by atoms with Gasteiger partial charge >= 0.3 is 0 Å². The zero-order chi connectivity index (χ0) is 41.5. The molecule has 3 heterocycles. The van der Waals surface area contributed by atoms with Crippen LogP contribution in [0.25, 0.3) is 0 Å². The molecule has 0 saturated carbocycles. The molecular weight excluding hydrogens is 770 g/mol. The first-order valence-corrected chi connectivity index (χ1v) is 23.8. The van der Waals surface area contributed by atoms with Gasteiger partial charge in [0.1, 0.15) is 22.4 Å². The molecule has 1 aliphatic rings. The van der Waals surface area contributed by atoms with Gasteiger partial charge in [-0.3, -0.25) is 18.9 Å². The molecule has 14 heteroatoms. The topological polar surface area (TPSA) is 141 Å². The van der Waals surface area contributed by atoms with Gasteiger partial charge in [0.15, 0.2) is 0 Å². The first kappa shape index (κ1) is 44.8. The standard InChI is InChI=1S/C44H56N6O6P2/c1-7-55-57(5,51)43-27-36(14-12-34-16-20-41(53-3)21-17-34)25-39(47-43)30-49-29-38(11-9-10-24-45)46-32-50(33-49)31-40-26-37(28-44(48-40)58(6,52)56-8-2)15-13-35-18-22-42(54-4)23-19-35/h16-23,25-28,38,46H,7-11,24,29-33,45H2,1-6H3/t38-,57?,58?/m0/s1. The van der Waals surface area contributed by atoms with E-state index >= 15 is 0 Å². The Balaban J connectivity index is 1.46. The van der Waals surface area contributed by atoms with E-state index < -0.39 is 14.7 Å². The molecule has 5 rings (SSSR count). The molecule has 0 radical (unpaired) electrons. The molecule has 0 bridgehead atoms. The highest BCUT2D eigenvalue weighted by atomic mass is 31.2. The molecule has 1 fully saturated rings. The fraction of sp³-hybridized carbons (Fsp3) is 0.409. The van der Waals surface area contributed by atoms with E-state index in [0.717, 1.165) is 59.8 Å². The highest BCUT2D eigenvalue weighted by Gasteiger charge is 2.27. The third-order valence-electron chi connectivity index (χ3n) is 9.46. The molecule has 3 atom stereocenters. The molecule has 0 amide bonds. The summed E-state index contributed by atoms with van der Waals surface area (Å²) in [5.74, 6) is 14.5. The SMILES string of the molecule is CCOP(C)(=O)c1cc(C#Cc2ccc(OC)cc2)cc(CN2CN[C@@H](CCCCN)CN(Cc3cc(C#Cc4ccc(OC)cc4)cc(P(C)(=O)OCC)n3)C2)n1. The van der Waals surface area contributed by atoms with Crippen LogP contribution in [0.15, 0.2) is 72.8 Å². The Morgan fingerprint density at radius 2 is 1.17 bits per heavy atom. The van der Waals surface area contributed by atoms with Crippen molar-refractivity contribution in [2.24, 2.45) is 5.73 Å². The second-order valence-corrected chi connectivity index (χ2v) is 19.0.